The number of hydrogen-bond donors (Lipinski definition) is 3. The number of hydrogen-bond acceptors (Lipinski definition) is 6. The standard InChI is InChI=1S/C12H15N3O4/c16-5-8-3-9(17)12(19-8)15-4-7-1-2-10(18)14-11(7)13-6-15/h1-2,4,8-9,12,16-17H,3,5-6H2,(H,13,14,18). The monoisotopic (exact) mass is 265 g/mol. The second-order valence-corrected chi connectivity index (χ2v) is 4.70. The Balaban J connectivity index is 1.89. The van der Waals surface area contributed by atoms with Crippen LogP contribution in [0.4, 0.5) is 0 Å². The molecule has 3 rings (SSSR count). The number of aliphatic hydroxyl groups excluding tert-OH is 2. The Morgan fingerprint density at radius 3 is 3.11 bits per heavy atom. The fourth-order valence-electron chi connectivity index (χ4n) is 2.38. The van der Waals surface area contributed by atoms with Crippen LogP contribution in [0.3, 0.4) is 0 Å². The Hall–Kier alpha value is -1.70. The zero-order valence-corrected chi connectivity index (χ0v) is 10.2. The van der Waals surface area contributed by atoms with E-state index in [1.54, 1.807) is 17.2 Å². The topological polar surface area (TPSA) is 98.2 Å². The second-order valence-electron chi connectivity index (χ2n) is 4.70. The lowest BCUT2D eigenvalue weighted by molar-refractivity contribution is -0.0726. The molecule has 3 unspecified atom stereocenters. The number of nitrogens with zero attached hydrogens (tertiary/aromatic N) is 2. The van der Waals surface area contributed by atoms with E-state index in [9.17, 15) is 9.90 Å². The zero-order chi connectivity index (χ0) is 13.4. The van der Waals surface area contributed by atoms with E-state index in [2.05, 4.69) is 9.98 Å². The maximum atomic E-state index is 11.2. The molecule has 19 heavy (non-hydrogen) atoms. The van der Waals surface area contributed by atoms with Gasteiger partial charge in [0.1, 0.15) is 18.3 Å². The van der Waals surface area contributed by atoms with E-state index >= 15 is 0 Å². The van der Waals surface area contributed by atoms with Crippen LogP contribution < -0.4 is 16.3 Å². The van der Waals surface area contributed by atoms with Crippen LogP contribution in [0.15, 0.2) is 21.9 Å². The summed E-state index contributed by atoms with van der Waals surface area (Å²) in [5.74, 6) is 0. The largest absolute Gasteiger partial charge is 0.394 e. The van der Waals surface area contributed by atoms with Crippen LogP contribution in [-0.2, 0) is 4.74 Å². The van der Waals surface area contributed by atoms with Crippen molar-refractivity contribution in [3.8, 4) is 0 Å². The number of H-pyrrole nitrogens is 1. The third kappa shape index (κ3) is 2.27. The molecule has 3 N–H and O–H groups in total. The van der Waals surface area contributed by atoms with Gasteiger partial charge in [-0.1, -0.05) is 0 Å². The highest BCUT2D eigenvalue weighted by Crippen LogP contribution is 2.23. The van der Waals surface area contributed by atoms with Gasteiger partial charge in [-0.05, 0) is 6.07 Å². The van der Waals surface area contributed by atoms with E-state index in [0.717, 1.165) is 5.22 Å². The second kappa shape index (κ2) is 4.76. The molecule has 0 aromatic carbocycles. The fraction of sp³-hybridized carbons (Fsp3) is 0.500. The van der Waals surface area contributed by atoms with Crippen LogP contribution in [0.1, 0.15) is 6.42 Å². The quantitative estimate of drug-likeness (QED) is 0.548. The molecule has 102 valence electrons. The summed E-state index contributed by atoms with van der Waals surface area (Å²) in [6.45, 7) is 0.190. The van der Waals surface area contributed by atoms with Gasteiger partial charge in [-0.2, -0.15) is 0 Å². The highest BCUT2D eigenvalue weighted by atomic mass is 16.5. The number of aromatic amines is 1. The van der Waals surface area contributed by atoms with Crippen molar-refractivity contribution in [1.29, 1.82) is 0 Å². The van der Waals surface area contributed by atoms with Gasteiger partial charge in [-0.3, -0.25) is 4.79 Å². The van der Waals surface area contributed by atoms with Crippen LogP contribution in [0.2, 0.25) is 0 Å². The third-order valence-corrected chi connectivity index (χ3v) is 3.32. The van der Waals surface area contributed by atoms with Crippen LogP contribution in [0.5, 0.6) is 0 Å². The van der Waals surface area contributed by atoms with E-state index in [4.69, 9.17) is 9.84 Å². The van der Waals surface area contributed by atoms with E-state index in [-0.39, 0.29) is 18.3 Å². The minimum Gasteiger partial charge on any atom is -0.394 e. The van der Waals surface area contributed by atoms with Crippen molar-refractivity contribution in [2.24, 2.45) is 4.99 Å². The predicted molar refractivity (Wildman–Crippen MR) is 65.4 cm³/mol. The number of aromatic nitrogens is 1. The Morgan fingerprint density at radius 2 is 2.37 bits per heavy atom. The molecule has 1 aromatic heterocycles. The summed E-state index contributed by atoms with van der Waals surface area (Å²) in [6, 6.07) is 3.10. The fourth-order valence-corrected chi connectivity index (χ4v) is 2.38. The lowest BCUT2D eigenvalue weighted by Gasteiger charge is -2.28. The van der Waals surface area contributed by atoms with Crippen LogP contribution in [-0.4, -0.2) is 51.8 Å². The Kier molecular flexibility index (Phi) is 3.09. The molecule has 0 amide bonds. The van der Waals surface area contributed by atoms with Crippen molar-refractivity contribution < 1.29 is 14.9 Å². The molecule has 0 saturated carbocycles. The Bertz CT molecular complexity index is 641. The molecule has 3 atom stereocenters. The minimum absolute atomic E-state index is 0.109. The molecule has 0 aliphatic carbocycles. The van der Waals surface area contributed by atoms with Crippen molar-refractivity contribution in [3.63, 3.8) is 0 Å². The summed E-state index contributed by atoms with van der Waals surface area (Å²) in [5.41, 5.74) is 0.344. The number of fused-ring (bicyclic) bond motifs is 1. The van der Waals surface area contributed by atoms with Gasteiger partial charge in [-0.15, -0.1) is 0 Å². The first-order valence-electron chi connectivity index (χ1n) is 6.13. The number of aliphatic hydroxyl groups is 2. The number of rotatable bonds is 2. The molecular formula is C12H15N3O4. The lowest BCUT2D eigenvalue weighted by atomic mass is 10.2. The van der Waals surface area contributed by atoms with Crippen molar-refractivity contribution in [2.45, 2.75) is 24.9 Å². The molecule has 2 aliphatic heterocycles. The molecule has 2 aliphatic rings. The van der Waals surface area contributed by atoms with Gasteiger partial charge < -0.3 is 24.8 Å². The molecule has 0 radical (unpaired) electrons. The summed E-state index contributed by atoms with van der Waals surface area (Å²) < 4.78 is 5.56. The minimum atomic E-state index is -0.659. The van der Waals surface area contributed by atoms with E-state index in [1.165, 1.54) is 6.07 Å². The molecule has 1 saturated heterocycles. The summed E-state index contributed by atoms with van der Waals surface area (Å²) in [7, 11) is 0. The molecule has 1 fully saturated rings. The summed E-state index contributed by atoms with van der Waals surface area (Å²) in [4.78, 5) is 19.8. The van der Waals surface area contributed by atoms with Gasteiger partial charge in [0.05, 0.1) is 12.7 Å². The Morgan fingerprint density at radius 1 is 1.53 bits per heavy atom. The number of nitrogens with one attached hydrogen (secondary N) is 1. The SMILES string of the molecule is O=c1ccc2c([nH]1)=NCN(C1OC(CO)CC1O)C=2. The van der Waals surface area contributed by atoms with Crippen molar-refractivity contribution >= 4 is 6.20 Å². The molecule has 3 heterocycles. The molecular weight excluding hydrogens is 250 g/mol. The Labute approximate surface area is 108 Å². The normalized spacial score (nSPS) is 29.6. The predicted octanol–water partition coefficient (Wildman–Crippen LogP) is -2.53. The van der Waals surface area contributed by atoms with Crippen molar-refractivity contribution in [1.82, 2.24) is 9.88 Å². The first kappa shape index (κ1) is 12.3. The highest BCUT2D eigenvalue weighted by Gasteiger charge is 2.36. The maximum Gasteiger partial charge on any atom is 0.249 e. The van der Waals surface area contributed by atoms with Gasteiger partial charge >= 0.3 is 0 Å². The van der Waals surface area contributed by atoms with Gasteiger partial charge in [0.25, 0.3) is 0 Å². The number of pyridine rings is 1. The van der Waals surface area contributed by atoms with E-state index in [1.807, 2.05) is 0 Å². The van der Waals surface area contributed by atoms with E-state index < -0.39 is 12.3 Å². The summed E-state index contributed by atoms with van der Waals surface area (Å²) >= 11 is 0. The first-order chi connectivity index (χ1) is 9.17. The summed E-state index contributed by atoms with van der Waals surface area (Å²) in [6.07, 6.45) is 0.690. The zero-order valence-electron chi connectivity index (χ0n) is 10.2. The first-order valence-corrected chi connectivity index (χ1v) is 6.13. The highest BCUT2D eigenvalue weighted by molar-refractivity contribution is 5.22. The average Bonchev–Trinajstić information content (AvgIpc) is 2.79. The summed E-state index contributed by atoms with van der Waals surface area (Å²) in [5, 5.41) is 19.8. The lowest BCUT2D eigenvalue weighted by Crippen LogP contribution is -2.46. The molecule has 7 heteroatoms. The molecule has 0 spiro atoms. The van der Waals surface area contributed by atoms with Gasteiger partial charge in [0.15, 0.2) is 6.23 Å². The van der Waals surface area contributed by atoms with Gasteiger partial charge in [-0.25, -0.2) is 4.99 Å². The van der Waals surface area contributed by atoms with Crippen LogP contribution in [0, 0.1) is 0 Å². The van der Waals surface area contributed by atoms with Crippen molar-refractivity contribution in [3.05, 3.63) is 33.2 Å². The molecule has 7 nitrogen and oxygen atoms in total. The smallest absolute Gasteiger partial charge is 0.249 e. The van der Waals surface area contributed by atoms with Gasteiger partial charge in [0.2, 0.25) is 5.56 Å². The van der Waals surface area contributed by atoms with Gasteiger partial charge in [0, 0.05) is 23.9 Å². The van der Waals surface area contributed by atoms with E-state index in [0.29, 0.717) is 18.6 Å². The van der Waals surface area contributed by atoms with Crippen LogP contribution >= 0.6 is 0 Å². The van der Waals surface area contributed by atoms with Crippen LogP contribution in [0.25, 0.3) is 6.20 Å². The van der Waals surface area contributed by atoms with Crippen molar-refractivity contribution in [2.75, 3.05) is 13.3 Å². The average molecular weight is 265 g/mol. The number of ether oxygens (including phenoxy) is 1. The third-order valence-electron chi connectivity index (χ3n) is 3.32. The molecule has 1 aromatic rings. The molecule has 0 bridgehead atoms. The maximum absolute atomic E-state index is 11.2.